The van der Waals surface area contributed by atoms with Crippen LogP contribution < -0.4 is 0 Å². The zero-order valence-corrected chi connectivity index (χ0v) is 12.2. The maximum Gasteiger partial charge on any atom is -0.0417 e. The minimum absolute atomic E-state index is 1.01. The average Bonchev–Trinajstić information content (AvgIpc) is 2.32. The highest BCUT2D eigenvalue weighted by atomic mass is 14.1. The van der Waals surface area contributed by atoms with Gasteiger partial charge in [0.25, 0.3) is 0 Å². The molecule has 0 nitrogen and oxygen atoms in total. The Balaban J connectivity index is 3.58. The van der Waals surface area contributed by atoms with Crippen molar-refractivity contribution in [1.29, 1.82) is 0 Å². The molecular weight excluding hydrogens is 192 g/mol. The van der Waals surface area contributed by atoms with Gasteiger partial charge < -0.3 is 0 Å². The van der Waals surface area contributed by atoms with Gasteiger partial charge in [-0.15, -0.1) is 0 Å². The zero-order chi connectivity index (χ0) is 12.2. The minimum Gasteiger partial charge on any atom is -0.0654 e. The van der Waals surface area contributed by atoms with Crippen molar-refractivity contribution in [2.24, 2.45) is 11.8 Å². The lowest BCUT2D eigenvalue weighted by atomic mass is 9.89. The number of hydrogen-bond acceptors (Lipinski definition) is 0. The highest BCUT2D eigenvalue weighted by Gasteiger charge is 2.08. The van der Waals surface area contributed by atoms with E-state index in [0.717, 1.165) is 11.8 Å². The molecule has 0 amide bonds. The van der Waals surface area contributed by atoms with Gasteiger partial charge in [0, 0.05) is 0 Å². The molecule has 0 bridgehead atoms. The Labute approximate surface area is 104 Å². The van der Waals surface area contributed by atoms with Gasteiger partial charge in [-0.3, -0.25) is 0 Å². The predicted octanol–water partition coefficient (Wildman–Crippen LogP) is 6.20. The van der Waals surface area contributed by atoms with Crippen LogP contribution in [-0.4, -0.2) is 0 Å². The molecule has 0 saturated heterocycles. The first-order chi connectivity index (χ1) is 7.78. The van der Waals surface area contributed by atoms with Crippen molar-refractivity contribution < 1.29 is 0 Å². The molecule has 0 rings (SSSR count). The van der Waals surface area contributed by atoms with Crippen molar-refractivity contribution in [2.45, 2.75) is 91.9 Å². The van der Waals surface area contributed by atoms with E-state index in [1.807, 2.05) is 0 Å². The molecule has 0 fully saturated rings. The highest BCUT2D eigenvalue weighted by molar-refractivity contribution is 4.61. The Bertz CT molecular complexity index is 128. The van der Waals surface area contributed by atoms with Crippen LogP contribution in [0.2, 0.25) is 0 Å². The zero-order valence-electron chi connectivity index (χ0n) is 12.2. The molecule has 0 heterocycles. The van der Waals surface area contributed by atoms with Crippen LogP contribution in [0.3, 0.4) is 0 Å². The van der Waals surface area contributed by atoms with Crippen LogP contribution in [0.25, 0.3) is 0 Å². The molecular formula is C16H34. The van der Waals surface area contributed by atoms with E-state index in [-0.39, 0.29) is 0 Å². The summed E-state index contributed by atoms with van der Waals surface area (Å²) in [5.41, 5.74) is 0. The first-order valence-corrected chi connectivity index (χ1v) is 7.78. The van der Waals surface area contributed by atoms with E-state index in [1.165, 1.54) is 64.2 Å². The molecule has 0 saturated carbocycles. The molecule has 16 heavy (non-hydrogen) atoms. The third-order valence-electron chi connectivity index (χ3n) is 4.04. The summed E-state index contributed by atoms with van der Waals surface area (Å²) in [4.78, 5) is 0. The number of rotatable bonds is 11. The van der Waals surface area contributed by atoms with Crippen LogP contribution in [0.5, 0.6) is 0 Å². The van der Waals surface area contributed by atoms with Crippen molar-refractivity contribution in [3.63, 3.8) is 0 Å². The summed E-state index contributed by atoms with van der Waals surface area (Å²) in [6, 6.07) is 0. The topological polar surface area (TPSA) is 0 Å². The summed E-state index contributed by atoms with van der Waals surface area (Å²) in [6.45, 7) is 9.35. The van der Waals surface area contributed by atoms with E-state index in [2.05, 4.69) is 27.7 Å². The molecule has 2 atom stereocenters. The molecule has 0 aliphatic rings. The van der Waals surface area contributed by atoms with Gasteiger partial charge in [0.15, 0.2) is 0 Å². The van der Waals surface area contributed by atoms with Gasteiger partial charge in [-0.05, 0) is 11.8 Å². The van der Waals surface area contributed by atoms with Crippen LogP contribution in [0.15, 0.2) is 0 Å². The van der Waals surface area contributed by atoms with E-state index in [4.69, 9.17) is 0 Å². The van der Waals surface area contributed by atoms with Crippen molar-refractivity contribution in [1.82, 2.24) is 0 Å². The fourth-order valence-corrected chi connectivity index (χ4v) is 2.70. The molecule has 98 valence electrons. The Morgan fingerprint density at radius 2 is 1.06 bits per heavy atom. The second kappa shape index (κ2) is 11.5. The highest BCUT2D eigenvalue weighted by Crippen LogP contribution is 2.23. The Hall–Kier alpha value is 0. The van der Waals surface area contributed by atoms with E-state index in [9.17, 15) is 0 Å². The summed E-state index contributed by atoms with van der Waals surface area (Å²) in [5.74, 6) is 2.02. The Morgan fingerprint density at radius 1 is 0.562 bits per heavy atom. The molecule has 0 heteroatoms. The Kier molecular flexibility index (Phi) is 11.5. The standard InChI is InChI=1S/C16H34/c1-5-9-12-16(8-4)14-10-13-15(7-3)11-6-2/h15-16H,5-14H2,1-4H3. The van der Waals surface area contributed by atoms with Gasteiger partial charge in [0.1, 0.15) is 0 Å². The van der Waals surface area contributed by atoms with Crippen LogP contribution >= 0.6 is 0 Å². The van der Waals surface area contributed by atoms with E-state index in [1.54, 1.807) is 0 Å². The van der Waals surface area contributed by atoms with E-state index >= 15 is 0 Å². The summed E-state index contributed by atoms with van der Waals surface area (Å²) in [5, 5.41) is 0. The van der Waals surface area contributed by atoms with Crippen molar-refractivity contribution in [2.75, 3.05) is 0 Å². The third kappa shape index (κ3) is 8.19. The normalized spacial score (nSPS) is 15.0. The molecule has 0 aliphatic heterocycles. The second-order valence-electron chi connectivity index (χ2n) is 5.41. The molecule has 0 aromatic rings. The third-order valence-corrected chi connectivity index (χ3v) is 4.04. The lowest BCUT2D eigenvalue weighted by molar-refractivity contribution is 0.359. The van der Waals surface area contributed by atoms with Gasteiger partial charge in [-0.2, -0.15) is 0 Å². The molecule has 0 aromatic heterocycles. The lowest BCUT2D eigenvalue weighted by Gasteiger charge is -2.17. The SMILES string of the molecule is CCCCC(CC)CCCC(CC)CCC. The molecule has 0 N–H and O–H groups in total. The lowest BCUT2D eigenvalue weighted by Crippen LogP contribution is -2.03. The van der Waals surface area contributed by atoms with Crippen molar-refractivity contribution >= 4 is 0 Å². The average molecular weight is 226 g/mol. The van der Waals surface area contributed by atoms with Gasteiger partial charge in [-0.25, -0.2) is 0 Å². The molecule has 0 aliphatic carbocycles. The smallest absolute Gasteiger partial charge is 0.0417 e. The van der Waals surface area contributed by atoms with Crippen LogP contribution in [0, 0.1) is 11.8 Å². The van der Waals surface area contributed by atoms with Gasteiger partial charge >= 0.3 is 0 Å². The van der Waals surface area contributed by atoms with Gasteiger partial charge in [-0.1, -0.05) is 91.9 Å². The fourth-order valence-electron chi connectivity index (χ4n) is 2.70. The maximum absolute atomic E-state index is 2.36. The van der Waals surface area contributed by atoms with Crippen LogP contribution in [0.4, 0.5) is 0 Å². The molecule has 2 unspecified atom stereocenters. The first-order valence-electron chi connectivity index (χ1n) is 7.78. The summed E-state index contributed by atoms with van der Waals surface area (Å²) in [7, 11) is 0. The summed E-state index contributed by atoms with van der Waals surface area (Å²) in [6.07, 6.45) is 14.3. The summed E-state index contributed by atoms with van der Waals surface area (Å²) < 4.78 is 0. The van der Waals surface area contributed by atoms with E-state index < -0.39 is 0 Å². The van der Waals surface area contributed by atoms with Gasteiger partial charge in [0.2, 0.25) is 0 Å². The van der Waals surface area contributed by atoms with E-state index in [0.29, 0.717) is 0 Å². The molecule has 0 radical (unpaired) electrons. The summed E-state index contributed by atoms with van der Waals surface area (Å²) >= 11 is 0. The number of hydrogen-bond donors (Lipinski definition) is 0. The number of unbranched alkanes of at least 4 members (excludes halogenated alkanes) is 1. The molecule has 0 spiro atoms. The first kappa shape index (κ1) is 16.0. The molecule has 0 aromatic carbocycles. The largest absolute Gasteiger partial charge is 0.0654 e. The van der Waals surface area contributed by atoms with Crippen LogP contribution in [-0.2, 0) is 0 Å². The fraction of sp³-hybridized carbons (Fsp3) is 1.00. The van der Waals surface area contributed by atoms with Crippen molar-refractivity contribution in [3.8, 4) is 0 Å². The monoisotopic (exact) mass is 226 g/mol. The van der Waals surface area contributed by atoms with Crippen LogP contribution in [0.1, 0.15) is 91.9 Å². The van der Waals surface area contributed by atoms with Gasteiger partial charge in [0.05, 0.1) is 0 Å². The van der Waals surface area contributed by atoms with Crippen molar-refractivity contribution in [3.05, 3.63) is 0 Å². The quantitative estimate of drug-likeness (QED) is 0.393. The second-order valence-corrected chi connectivity index (χ2v) is 5.41. The Morgan fingerprint density at radius 3 is 1.50 bits per heavy atom. The maximum atomic E-state index is 2.36. The predicted molar refractivity (Wildman–Crippen MR) is 75.8 cm³/mol. The minimum atomic E-state index is 1.01.